The normalized spacial score (nSPS) is 11.6. The third kappa shape index (κ3) is 5.21. The summed E-state index contributed by atoms with van der Waals surface area (Å²) in [5.41, 5.74) is 1.06. The minimum absolute atomic E-state index is 1.03. The predicted octanol–water partition coefficient (Wildman–Crippen LogP) is 2.24. The Kier molecular flexibility index (Phi) is 5.07. The Labute approximate surface area is 56.5 Å². The maximum atomic E-state index is 6.66. The highest BCUT2D eigenvalue weighted by molar-refractivity contribution is 5.87. The Morgan fingerprint density at radius 2 is 2.33 bits per heavy atom. The van der Waals surface area contributed by atoms with E-state index in [1.807, 2.05) is 6.92 Å². The topological polar surface area (TPSA) is 36.2 Å². The summed E-state index contributed by atoms with van der Waals surface area (Å²) in [5, 5.41) is 6.66. The van der Waals surface area contributed by atoms with Crippen molar-refractivity contribution in [2.75, 3.05) is 0 Å². The lowest BCUT2D eigenvalue weighted by atomic mass is 10.2. The number of hydrogen-bond acceptors (Lipinski definition) is 1. The Bertz CT molecular complexity index is 105. The maximum absolute atomic E-state index is 6.66. The van der Waals surface area contributed by atoms with Gasteiger partial charge in [0.2, 0.25) is 0 Å². The van der Waals surface area contributed by atoms with E-state index in [0.717, 1.165) is 18.5 Å². The molecule has 0 saturated carbocycles. The number of nitrogens with zero attached hydrogens (tertiary/aromatic N) is 1. The van der Waals surface area contributed by atoms with E-state index in [4.69, 9.17) is 5.41 Å². The number of aliphatic imine (C=N–C) groups is 1. The molecule has 0 aromatic heterocycles. The van der Waals surface area contributed by atoms with E-state index in [2.05, 4.69) is 11.9 Å². The Hall–Kier alpha value is -0.660. The SMILES string of the molecule is CCCCC(C)=NC=N. The fourth-order valence-corrected chi connectivity index (χ4v) is 0.607. The zero-order chi connectivity index (χ0) is 7.11. The first-order chi connectivity index (χ1) is 4.31. The summed E-state index contributed by atoms with van der Waals surface area (Å²) >= 11 is 0. The molecule has 9 heavy (non-hydrogen) atoms. The Balaban J connectivity index is 3.36. The van der Waals surface area contributed by atoms with E-state index in [-0.39, 0.29) is 0 Å². The summed E-state index contributed by atoms with van der Waals surface area (Å²) in [5.74, 6) is 0. The van der Waals surface area contributed by atoms with Gasteiger partial charge in [0, 0.05) is 5.71 Å². The molecule has 0 bridgehead atoms. The first-order valence-corrected chi connectivity index (χ1v) is 3.33. The molecular formula is C7H14N2. The molecule has 0 rings (SSSR count). The first-order valence-electron chi connectivity index (χ1n) is 3.33. The maximum Gasteiger partial charge on any atom is 0.106 e. The molecule has 0 amide bonds. The quantitative estimate of drug-likeness (QED) is 0.443. The molecule has 0 fully saturated rings. The van der Waals surface area contributed by atoms with Gasteiger partial charge >= 0.3 is 0 Å². The zero-order valence-corrected chi connectivity index (χ0v) is 6.15. The summed E-state index contributed by atoms with van der Waals surface area (Å²) in [6.45, 7) is 4.11. The first kappa shape index (κ1) is 8.34. The van der Waals surface area contributed by atoms with E-state index in [9.17, 15) is 0 Å². The molecule has 0 atom stereocenters. The third-order valence-electron chi connectivity index (χ3n) is 1.18. The van der Waals surface area contributed by atoms with Crippen molar-refractivity contribution in [3.05, 3.63) is 0 Å². The van der Waals surface area contributed by atoms with Crippen LogP contribution >= 0.6 is 0 Å². The van der Waals surface area contributed by atoms with Crippen LogP contribution in [-0.4, -0.2) is 12.1 Å². The predicted molar refractivity (Wildman–Crippen MR) is 41.4 cm³/mol. The molecule has 2 nitrogen and oxygen atoms in total. The molecule has 0 unspecified atom stereocenters. The minimum atomic E-state index is 1.03. The summed E-state index contributed by atoms with van der Waals surface area (Å²) < 4.78 is 0. The average Bonchev–Trinajstić information content (AvgIpc) is 1.85. The van der Waals surface area contributed by atoms with Crippen molar-refractivity contribution in [1.82, 2.24) is 0 Å². The second-order valence-corrected chi connectivity index (χ2v) is 2.10. The van der Waals surface area contributed by atoms with Crippen molar-refractivity contribution in [2.45, 2.75) is 33.1 Å². The van der Waals surface area contributed by atoms with Crippen LogP contribution in [0.15, 0.2) is 4.99 Å². The van der Waals surface area contributed by atoms with Gasteiger partial charge in [-0.15, -0.1) is 0 Å². The number of rotatable bonds is 4. The summed E-state index contributed by atoms with van der Waals surface area (Å²) in [6.07, 6.45) is 4.52. The van der Waals surface area contributed by atoms with Crippen LogP contribution in [0.2, 0.25) is 0 Å². The molecule has 0 aromatic carbocycles. The average molecular weight is 126 g/mol. The molecular weight excluding hydrogens is 112 g/mol. The van der Waals surface area contributed by atoms with E-state index in [0.29, 0.717) is 0 Å². The van der Waals surface area contributed by atoms with Crippen molar-refractivity contribution in [3.63, 3.8) is 0 Å². The molecule has 0 aromatic rings. The van der Waals surface area contributed by atoms with Crippen molar-refractivity contribution in [2.24, 2.45) is 4.99 Å². The van der Waals surface area contributed by atoms with Gasteiger partial charge < -0.3 is 0 Å². The smallest absolute Gasteiger partial charge is 0.106 e. The molecule has 1 N–H and O–H groups in total. The van der Waals surface area contributed by atoms with Crippen molar-refractivity contribution >= 4 is 12.1 Å². The van der Waals surface area contributed by atoms with Crippen LogP contribution in [-0.2, 0) is 0 Å². The van der Waals surface area contributed by atoms with Crippen LogP contribution in [0.1, 0.15) is 33.1 Å². The molecule has 0 heterocycles. The fourth-order valence-electron chi connectivity index (χ4n) is 0.607. The van der Waals surface area contributed by atoms with E-state index in [1.54, 1.807) is 0 Å². The van der Waals surface area contributed by atoms with Gasteiger partial charge in [0.15, 0.2) is 0 Å². The lowest BCUT2D eigenvalue weighted by molar-refractivity contribution is 0.834. The van der Waals surface area contributed by atoms with Gasteiger partial charge in [-0.1, -0.05) is 13.3 Å². The third-order valence-corrected chi connectivity index (χ3v) is 1.18. The van der Waals surface area contributed by atoms with Crippen LogP contribution in [0.3, 0.4) is 0 Å². The lowest BCUT2D eigenvalue weighted by Crippen LogP contribution is -1.89. The highest BCUT2D eigenvalue weighted by Gasteiger charge is 1.86. The monoisotopic (exact) mass is 126 g/mol. The van der Waals surface area contributed by atoms with Crippen LogP contribution in [0.25, 0.3) is 0 Å². The fraction of sp³-hybridized carbons (Fsp3) is 0.714. The molecule has 0 aliphatic rings. The standard InChI is InChI=1S/C7H14N2/c1-3-4-5-7(2)9-6-8/h6,8H,3-5H2,1-2H3. The Morgan fingerprint density at radius 1 is 1.67 bits per heavy atom. The van der Waals surface area contributed by atoms with Crippen LogP contribution < -0.4 is 0 Å². The van der Waals surface area contributed by atoms with Gasteiger partial charge in [-0.2, -0.15) is 0 Å². The van der Waals surface area contributed by atoms with Crippen LogP contribution in [0.5, 0.6) is 0 Å². The second-order valence-electron chi connectivity index (χ2n) is 2.10. The summed E-state index contributed by atoms with van der Waals surface area (Å²) in [6, 6.07) is 0. The minimum Gasteiger partial charge on any atom is -0.290 e. The van der Waals surface area contributed by atoms with E-state index >= 15 is 0 Å². The number of nitrogens with one attached hydrogen (secondary N) is 1. The van der Waals surface area contributed by atoms with Crippen LogP contribution in [0.4, 0.5) is 0 Å². The van der Waals surface area contributed by atoms with Crippen molar-refractivity contribution in [3.8, 4) is 0 Å². The zero-order valence-electron chi connectivity index (χ0n) is 6.15. The van der Waals surface area contributed by atoms with Gasteiger partial charge in [0.1, 0.15) is 6.34 Å². The van der Waals surface area contributed by atoms with Gasteiger partial charge in [-0.05, 0) is 19.8 Å². The molecule has 2 heteroatoms. The Morgan fingerprint density at radius 3 is 2.78 bits per heavy atom. The molecule has 0 spiro atoms. The molecule has 0 radical (unpaired) electrons. The van der Waals surface area contributed by atoms with Crippen molar-refractivity contribution in [1.29, 1.82) is 5.41 Å². The molecule has 0 saturated heterocycles. The van der Waals surface area contributed by atoms with Gasteiger partial charge in [0.25, 0.3) is 0 Å². The molecule has 52 valence electrons. The highest BCUT2D eigenvalue weighted by Crippen LogP contribution is 1.95. The number of hydrogen-bond donors (Lipinski definition) is 1. The van der Waals surface area contributed by atoms with E-state index in [1.165, 1.54) is 12.8 Å². The van der Waals surface area contributed by atoms with E-state index < -0.39 is 0 Å². The highest BCUT2D eigenvalue weighted by atomic mass is 14.8. The number of unbranched alkanes of at least 4 members (excludes halogenated alkanes) is 1. The van der Waals surface area contributed by atoms with Crippen LogP contribution in [0, 0.1) is 5.41 Å². The second kappa shape index (κ2) is 5.48. The van der Waals surface area contributed by atoms with Gasteiger partial charge in [-0.25, -0.2) is 4.99 Å². The lowest BCUT2D eigenvalue weighted by Gasteiger charge is -1.93. The van der Waals surface area contributed by atoms with Gasteiger partial charge in [0.05, 0.1) is 0 Å². The molecule has 0 aliphatic heterocycles. The van der Waals surface area contributed by atoms with Crippen molar-refractivity contribution < 1.29 is 0 Å². The largest absolute Gasteiger partial charge is 0.290 e. The van der Waals surface area contributed by atoms with Gasteiger partial charge in [-0.3, -0.25) is 5.41 Å². The summed E-state index contributed by atoms with van der Waals surface area (Å²) in [4.78, 5) is 3.82. The molecule has 0 aliphatic carbocycles. The summed E-state index contributed by atoms with van der Waals surface area (Å²) in [7, 11) is 0.